The smallest absolute Gasteiger partial charge is 0.310 e. The minimum atomic E-state index is -0.931. The highest BCUT2D eigenvalue weighted by molar-refractivity contribution is 9.10. The van der Waals surface area contributed by atoms with E-state index in [9.17, 15) is 14.7 Å². The molecule has 0 aliphatic heterocycles. The van der Waals surface area contributed by atoms with Crippen molar-refractivity contribution in [2.75, 3.05) is 0 Å². The first kappa shape index (κ1) is 27.4. The minimum Gasteiger partial charge on any atom is -0.481 e. The van der Waals surface area contributed by atoms with Gasteiger partial charge in [0.05, 0.1) is 38.5 Å². The van der Waals surface area contributed by atoms with Crippen LogP contribution >= 0.6 is 27.5 Å². The molecule has 3 aromatic carbocycles. The number of nitrogens with one attached hydrogen (secondary N) is 1. The van der Waals surface area contributed by atoms with E-state index < -0.39 is 16.9 Å². The zero-order chi connectivity index (χ0) is 28.8. The highest BCUT2D eigenvalue weighted by Crippen LogP contribution is 2.51. The molecule has 0 atom stereocenters. The molecule has 2 bridgehead atoms. The lowest BCUT2D eigenvalue weighted by Crippen LogP contribution is -2.64. The highest BCUT2D eigenvalue weighted by Gasteiger charge is 2.57. The molecule has 0 spiro atoms. The monoisotopic (exact) mass is 631 g/mol. The van der Waals surface area contributed by atoms with Gasteiger partial charge >= 0.3 is 5.97 Å². The predicted molar refractivity (Wildman–Crippen MR) is 162 cm³/mol. The lowest BCUT2D eigenvalue weighted by Gasteiger charge is -2.51. The van der Waals surface area contributed by atoms with Crippen molar-refractivity contribution in [3.63, 3.8) is 0 Å². The Hall–Kier alpha value is -3.75. The van der Waals surface area contributed by atoms with Gasteiger partial charge in [0.1, 0.15) is 0 Å². The Bertz CT molecular complexity index is 1720. The van der Waals surface area contributed by atoms with Crippen LogP contribution in [-0.2, 0) is 4.79 Å². The van der Waals surface area contributed by atoms with Crippen LogP contribution in [0.5, 0.6) is 5.75 Å². The van der Waals surface area contributed by atoms with Crippen molar-refractivity contribution >= 4 is 56.0 Å². The van der Waals surface area contributed by atoms with Crippen LogP contribution in [0.4, 0.5) is 0 Å². The first-order valence-electron chi connectivity index (χ1n) is 13.4. The van der Waals surface area contributed by atoms with Gasteiger partial charge in [-0.3, -0.25) is 9.59 Å². The van der Waals surface area contributed by atoms with E-state index in [0.717, 1.165) is 26.7 Å². The predicted octanol–water partition coefficient (Wildman–Crippen LogP) is 7.58. The summed E-state index contributed by atoms with van der Waals surface area (Å²) in [6.07, 6.45) is 1.93. The molecular formula is C32H27BrClN3O4. The number of aromatic nitrogens is 1. The summed E-state index contributed by atoms with van der Waals surface area (Å²) in [7, 11) is 0. The SMILES string of the molecule is Cc1c(-c2ccccc2)nc2ccc(Br)cc2c1C(=O)NC12CCC(C(=O)O)(CC1)C/C2=N\Oc1ccccc1Cl. The summed E-state index contributed by atoms with van der Waals surface area (Å²) < 4.78 is 0.836. The summed E-state index contributed by atoms with van der Waals surface area (Å²) in [6.45, 7) is 1.91. The lowest BCUT2D eigenvalue weighted by molar-refractivity contribution is -0.152. The number of carbonyl (C=O) groups excluding carboxylic acids is 1. The fraction of sp³-hybridized carbons (Fsp3) is 0.250. The van der Waals surface area contributed by atoms with Crippen molar-refractivity contribution in [2.24, 2.45) is 10.6 Å². The van der Waals surface area contributed by atoms with Crippen LogP contribution < -0.4 is 10.2 Å². The number of nitrogens with zero attached hydrogens (tertiary/aromatic N) is 2. The number of carbonyl (C=O) groups is 2. The fourth-order valence-corrected chi connectivity index (χ4v) is 6.65. The molecule has 9 heteroatoms. The minimum absolute atomic E-state index is 0.184. The molecule has 3 saturated carbocycles. The van der Waals surface area contributed by atoms with E-state index in [4.69, 9.17) is 21.4 Å². The van der Waals surface area contributed by atoms with Gasteiger partial charge < -0.3 is 15.3 Å². The molecule has 2 N–H and O–H groups in total. The van der Waals surface area contributed by atoms with Gasteiger partial charge in [-0.1, -0.05) is 75.2 Å². The van der Waals surface area contributed by atoms with Gasteiger partial charge in [-0.15, -0.1) is 0 Å². The van der Waals surface area contributed by atoms with E-state index in [1.54, 1.807) is 24.3 Å². The second-order valence-electron chi connectivity index (χ2n) is 10.8. The first-order valence-corrected chi connectivity index (χ1v) is 14.6. The Labute approximate surface area is 250 Å². The normalized spacial score (nSPS) is 22.6. The third-order valence-corrected chi connectivity index (χ3v) is 9.29. The Morgan fingerprint density at radius 2 is 1.73 bits per heavy atom. The highest BCUT2D eigenvalue weighted by atomic mass is 79.9. The van der Waals surface area contributed by atoms with Crippen molar-refractivity contribution in [1.29, 1.82) is 0 Å². The zero-order valence-corrected chi connectivity index (χ0v) is 24.6. The Balaban J connectivity index is 1.43. The third kappa shape index (κ3) is 4.89. The van der Waals surface area contributed by atoms with Gasteiger partial charge in [0.15, 0.2) is 5.75 Å². The van der Waals surface area contributed by atoms with E-state index in [2.05, 4.69) is 26.4 Å². The molecule has 208 valence electrons. The molecule has 41 heavy (non-hydrogen) atoms. The summed E-state index contributed by atoms with van der Waals surface area (Å²) in [5.74, 6) is -0.751. The van der Waals surface area contributed by atoms with Gasteiger partial charge in [-0.05, 0) is 68.5 Å². The van der Waals surface area contributed by atoms with Crippen molar-refractivity contribution in [3.8, 4) is 17.0 Å². The number of aliphatic carboxylic acids is 1. The Morgan fingerprint density at radius 1 is 1.02 bits per heavy atom. The average molecular weight is 633 g/mol. The van der Waals surface area contributed by atoms with E-state index in [1.165, 1.54) is 0 Å². The largest absolute Gasteiger partial charge is 0.481 e. The van der Waals surface area contributed by atoms with Crippen LogP contribution in [0, 0.1) is 12.3 Å². The number of carboxylic acids is 1. The number of carboxylic acid groups (broad SMARTS) is 1. The molecule has 1 aromatic heterocycles. The summed E-state index contributed by atoms with van der Waals surface area (Å²) in [5.41, 5.74) is 2.36. The van der Waals surface area contributed by atoms with Gasteiger partial charge in [0.2, 0.25) is 0 Å². The lowest BCUT2D eigenvalue weighted by atomic mass is 9.56. The number of pyridine rings is 1. The van der Waals surface area contributed by atoms with E-state index in [0.29, 0.717) is 53.2 Å². The topological polar surface area (TPSA) is 101 Å². The van der Waals surface area contributed by atoms with Gasteiger partial charge in [-0.2, -0.15) is 0 Å². The van der Waals surface area contributed by atoms with Crippen molar-refractivity contribution in [2.45, 2.75) is 44.6 Å². The number of amides is 1. The van der Waals surface area contributed by atoms with Crippen LogP contribution in [0.25, 0.3) is 22.2 Å². The summed E-state index contributed by atoms with van der Waals surface area (Å²) in [4.78, 5) is 37.3. The van der Waals surface area contributed by atoms with E-state index in [-0.39, 0.29) is 12.3 Å². The van der Waals surface area contributed by atoms with Gasteiger partial charge in [0.25, 0.3) is 5.91 Å². The number of oxime groups is 1. The van der Waals surface area contributed by atoms with Crippen molar-refractivity contribution < 1.29 is 19.5 Å². The van der Waals surface area contributed by atoms with Crippen molar-refractivity contribution in [3.05, 3.63) is 93.4 Å². The maximum Gasteiger partial charge on any atom is 0.310 e. The quantitative estimate of drug-likeness (QED) is 0.214. The second-order valence-corrected chi connectivity index (χ2v) is 12.2. The standard InChI is InChI=1S/C32H27BrClN3O4/c1-19-27(22-17-21(33)11-12-24(22)35-28(19)20-7-3-2-4-8-20)29(38)36-32-15-13-31(14-16-32,30(39)40)18-26(32)37-41-25-10-6-5-9-23(25)34/h2-12,17H,13-16,18H2,1H3,(H,36,38)(H,39,40)/b37-26+. The molecule has 3 aliphatic carbocycles. The summed E-state index contributed by atoms with van der Waals surface area (Å²) >= 11 is 9.83. The summed E-state index contributed by atoms with van der Waals surface area (Å²) in [5, 5.41) is 19.0. The number of fused-ring (bicyclic) bond motifs is 4. The van der Waals surface area contributed by atoms with Crippen LogP contribution in [0.1, 0.15) is 48.0 Å². The number of halogens is 2. The molecule has 1 heterocycles. The third-order valence-electron chi connectivity index (χ3n) is 8.48. The van der Waals surface area contributed by atoms with Crippen LogP contribution in [-0.4, -0.2) is 33.2 Å². The molecule has 0 saturated heterocycles. The molecule has 4 aromatic rings. The first-order chi connectivity index (χ1) is 19.7. The molecule has 7 rings (SSSR count). The van der Waals surface area contributed by atoms with Crippen LogP contribution in [0.2, 0.25) is 5.02 Å². The number of benzene rings is 3. The molecule has 0 radical (unpaired) electrons. The number of para-hydroxylation sites is 1. The van der Waals surface area contributed by atoms with Gasteiger partial charge in [0, 0.05) is 21.8 Å². The fourth-order valence-electron chi connectivity index (χ4n) is 6.12. The molecule has 7 nitrogen and oxygen atoms in total. The molecule has 0 unspecified atom stereocenters. The maximum atomic E-state index is 14.3. The maximum absolute atomic E-state index is 14.3. The zero-order valence-electron chi connectivity index (χ0n) is 22.3. The number of rotatable bonds is 6. The summed E-state index contributed by atoms with van der Waals surface area (Å²) in [6, 6.07) is 22.5. The Morgan fingerprint density at radius 3 is 2.44 bits per heavy atom. The number of hydrogen-bond donors (Lipinski definition) is 2. The van der Waals surface area contributed by atoms with Crippen LogP contribution in [0.3, 0.4) is 0 Å². The number of hydrogen-bond acceptors (Lipinski definition) is 5. The molecule has 3 fully saturated rings. The van der Waals surface area contributed by atoms with Gasteiger partial charge in [-0.25, -0.2) is 4.98 Å². The average Bonchev–Trinajstić information content (AvgIpc) is 2.97. The van der Waals surface area contributed by atoms with Crippen LogP contribution in [0.15, 0.2) is 82.4 Å². The molecule has 3 aliphatic rings. The van der Waals surface area contributed by atoms with Crippen molar-refractivity contribution in [1.82, 2.24) is 10.3 Å². The molecular weight excluding hydrogens is 606 g/mol. The Kier molecular flexibility index (Phi) is 7.08. The second kappa shape index (κ2) is 10.6. The van der Waals surface area contributed by atoms with E-state index >= 15 is 0 Å². The molecule has 1 amide bonds. The van der Waals surface area contributed by atoms with E-state index in [1.807, 2.05) is 55.5 Å².